The monoisotopic (exact) mass is 227 g/mol. The number of rotatable bonds is 3. The molecule has 0 unspecified atom stereocenters. The number of pyridine rings is 1. The number of nitrogens with one attached hydrogen (secondary N) is 1. The smallest absolute Gasteiger partial charge is 0.0594 e. The van der Waals surface area contributed by atoms with Crippen LogP contribution in [0, 0.1) is 13.8 Å². The largest absolute Gasteiger partial charge is 0.399 e. The zero-order chi connectivity index (χ0) is 12.3. The number of benzene rings is 1. The Morgan fingerprint density at radius 3 is 2.47 bits per heavy atom. The molecule has 1 heterocycles. The van der Waals surface area contributed by atoms with Crippen LogP contribution in [0.1, 0.15) is 16.8 Å². The van der Waals surface area contributed by atoms with Crippen LogP contribution in [-0.2, 0) is 6.54 Å². The maximum atomic E-state index is 5.80. The van der Waals surface area contributed by atoms with Crippen LogP contribution in [0.5, 0.6) is 0 Å². The number of aryl methyl sites for hydroxylation is 2. The van der Waals surface area contributed by atoms with E-state index >= 15 is 0 Å². The third-order valence-corrected chi connectivity index (χ3v) is 2.73. The first kappa shape index (κ1) is 11.5. The van der Waals surface area contributed by atoms with Gasteiger partial charge in [0.05, 0.1) is 12.2 Å². The number of hydrogen-bond donors (Lipinski definition) is 2. The second-order valence-corrected chi connectivity index (χ2v) is 4.20. The van der Waals surface area contributed by atoms with Crippen molar-refractivity contribution in [2.75, 3.05) is 11.1 Å². The molecule has 0 spiro atoms. The van der Waals surface area contributed by atoms with Gasteiger partial charge in [-0.25, -0.2) is 0 Å². The van der Waals surface area contributed by atoms with Crippen LogP contribution in [-0.4, -0.2) is 4.98 Å². The maximum absolute atomic E-state index is 5.80. The Morgan fingerprint density at radius 2 is 1.88 bits per heavy atom. The SMILES string of the molecule is Cc1cc(N)cc(C)c1NCc1ccccn1. The van der Waals surface area contributed by atoms with Gasteiger partial charge in [0, 0.05) is 17.6 Å². The van der Waals surface area contributed by atoms with E-state index in [-0.39, 0.29) is 0 Å². The Balaban J connectivity index is 2.15. The average Bonchev–Trinajstić information content (AvgIpc) is 2.29. The molecule has 3 heteroatoms. The van der Waals surface area contributed by atoms with E-state index in [1.165, 1.54) is 11.1 Å². The van der Waals surface area contributed by atoms with Crippen LogP contribution < -0.4 is 11.1 Å². The summed E-state index contributed by atoms with van der Waals surface area (Å²) in [5.74, 6) is 0. The van der Waals surface area contributed by atoms with Crippen LogP contribution in [0.2, 0.25) is 0 Å². The van der Waals surface area contributed by atoms with Crippen molar-refractivity contribution in [3.63, 3.8) is 0 Å². The second kappa shape index (κ2) is 4.87. The number of aromatic nitrogens is 1. The Morgan fingerprint density at radius 1 is 1.18 bits per heavy atom. The van der Waals surface area contributed by atoms with E-state index in [0.717, 1.165) is 23.6 Å². The topological polar surface area (TPSA) is 50.9 Å². The molecular formula is C14H17N3. The molecule has 3 N–H and O–H groups in total. The summed E-state index contributed by atoms with van der Waals surface area (Å²) >= 11 is 0. The van der Waals surface area contributed by atoms with Crippen LogP contribution >= 0.6 is 0 Å². The first-order chi connectivity index (χ1) is 8.16. The summed E-state index contributed by atoms with van der Waals surface area (Å²) in [5, 5.41) is 3.41. The molecule has 0 fully saturated rings. The minimum absolute atomic E-state index is 0.729. The van der Waals surface area contributed by atoms with Crippen LogP contribution in [0.4, 0.5) is 11.4 Å². The predicted molar refractivity (Wildman–Crippen MR) is 71.9 cm³/mol. The molecule has 2 rings (SSSR count). The molecule has 0 saturated heterocycles. The molecule has 0 saturated carbocycles. The summed E-state index contributed by atoms with van der Waals surface area (Å²) in [7, 11) is 0. The van der Waals surface area contributed by atoms with E-state index in [4.69, 9.17) is 5.73 Å². The van der Waals surface area contributed by atoms with Gasteiger partial charge in [0.2, 0.25) is 0 Å². The molecule has 2 aromatic rings. The van der Waals surface area contributed by atoms with Gasteiger partial charge < -0.3 is 11.1 Å². The molecule has 88 valence electrons. The highest BCUT2D eigenvalue weighted by molar-refractivity contribution is 5.62. The second-order valence-electron chi connectivity index (χ2n) is 4.20. The van der Waals surface area contributed by atoms with E-state index in [9.17, 15) is 0 Å². The Bertz CT molecular complexity index is 483. The lowest BCUT2D eigenvalue weighted by molar-refractivity contribution is 1.04. The molecule has 0 atom stereocenters. The standard InChI is InChI=1S/C14H17N3/c1-10-7-12(15)8-11(2)14(10)17-9-13-5-3-4-6-16-13/h3-8,17H,9,15H2,1-2H3. The zero-order valence-electron chi connectivity index (χ0n) is 10.2. The lowest BCUT2D eigenvalue weighted by atomic mass is 10.1. The van der Waals surface area contributed by atoms with Crippen molar-refractivity contribution >= 4 is 11.4 Å². The minimum atomic E-state index is 0.729. The van der Waals surface area contributed by atoms with Crippen molar-refractivity contribution in [1.82, 2.24) is 4.98 Å². The van der Waals surface area contributed by atoms with Crippen molar-refractivity contribution in [2.45, 2.75) is 20.4 Å². The van der Waals surface area contributed by atoms with Gasteiger partial charge in [-0.1, -0.05) is 6.07 Å². The van der Waals surface area contributed by atoms with Crippen molar-refractivity contribution in [3.8, 4) is 0 Å². The normalized spacial score (nSPS) is 10.2. The third kappa shape index (κ3) is 2.75. The Labute approximate surface area is 102 Å². The lowest BCUT2D eigenvalue weighted by Gasteiger charge is -2.13. The van der Waals surface area contributed by atoms with E-state index < -0.39 is 0 Å². The summed E-state index contributed by atoms with van der Waals surface area (Å²) in [6.45, 7) is 4.85. The quantitative estimate of drug-likeness (QED) is 0.793. The van der Waals surface area contributed by atoms with Gasteiger partial charge in [0.1, 0.15) is 0 Å². The van der Waals surface area contributed by atoms with Crippen LogP contribution in [0.3, 0.4) is 0 Å². The number of nitrogens with zero attached hydrogens (tertiary/aromatic N) is 1. The Hall–Kier alpha value is -2.03. The molecule has 0 aliphatic heterocycles. The van der Waals surface area contributed by atoms with E-state index in [1.54, 1.807) is 6.20 Å². The summed E-state index contributed by atoms with van der Waals surface area (Å²) in [6, 6.07) is 9.88. The van der Waals surface area contributed by atoms with Crippen LogP contribution in [0.25, 0.3) is 0 Å². The first-order valence-corrected chi connectivity index (χ1v) is 5.67. The molecule has 0 bridgehead atoms. The average molecular weight is 227 g/mol. The third-order valence-electron chi connectivity index (χ3n) is 2.73. The van der Waals surface area contributed by atoms with Gasteiger partial charge in [-0.05, 0) is 49.2 Å². The highest BCUT2D eigenvalue weighted by Gasteiger charge is 2.03. The summed E-state index contributed by atoms with van der Waals surface area (Å²) in [6.07, 6.45) is 1.81. The molecule has 3 nitrogen and oxygen atoms in total. The van der Waals surface area contributed by atoms with Crippen LogP contribution in [0.15, 0.2) is 36.5 Å². The van der Waals surface area contributed by atoms with Gasteiger partial charge in [-0.3, -0.25) is 4.98 Å². The fourth-order valence-electron chi connectivity index (χ4n) is 1.96. The van der Waals surface area contributed by atoms with Gasteiger partial charge in [0.25, 0.3) is 0 Å². The van der Waals surface area contributed by atoms with Gasteiger partial charge in [-0.15, -0.1) is 0 Å². The fourth-order valence-corrected chi connectivity index (χ4v) is 1.96. The lowest BCUT2D eigenvalue weighted by Crippen LogP contribution is -2.04. The maximum Gasteiger partial charge on any atom is 0.0594 e. The first-order valence-electron chi connectivity index (χ1n) is 5.67. The van der Waals surface area contributed by atoms with Gasteiger partial charge >= 0.3 is 0 Å². The molecular weight excluding hydrogens is 210 g/mol. The minimum Gasteiger partial charge on any atom is -0.399 e. The molecule has 1 aromatic carbocycles. The Kier molecular flexibility index (Phi) is 3.28. The zero-order valence-corrected chi connectivity index (χ0v) is 10.2. The number of nitrogen functional groups attached to an aromatic ring is 1. The van der Waals surface area contributed by atoms with E-state index in [2.05, 4.69) is 24.1 Å². The van der Waals surface area contributed by atoms with E-state index in [0.29, 0.717) is 0 Å². The summed E-state index contributed by atoms with van der Waals surface area (Å²) in [5.41, 5.74) is 11.1. The van der Waals surface area contributed by atoms with Crippen molar-refractivity contribution in [3.05, 3.63) is 53.3 Å². The summed E-state index contributed by atoms with van der Waals surface area (Å²) in [4.78, 5) is 4.28. The predicted octanol–water partition coefficient (Wildman–Crippen LogP) is 2.89. The molecule has 1 aromatic heterocycles. The van der Waals surface area contributed by atoms with E-state index in [1.807, 2.05) is 30.3 Å². The van der Waals surface area contributed by atoms with Gasteiger partial charge in [0.15, 0.2) is 0 Å². The molecule has 17 heavy (non-hydrogen) atoms. The van der Waals surface area contributed by atoms with Crippen molar-refractivity contribution in [2.24, 2.45) is 0 Å². The number of hydrogen-bond acceptors (Lipinski definition) is 3. The fraction of sp³-hybridized carbons (Fsp3) is 0.214. The molecule has 0 aliphatic rings. The number of anilines is 2. The molecule has 0 aliphatic carbocycles. The summed E-state index contributed by atoms with van der Waals surface area (Å²) < 4.78 is 0. The highest BCUT2D eigenvalue weighted by atomic mass is 14.9. The highest BCUT2D eigenvalue weighted by Crippen LogP contribution is 2.23. The van der Waals surface area contributed by atoms with Crippen molar-refractivity contribution in [1.29, 1.82) is 0 Å². The molecule has 0 amide bonds. The van der Waals surface area contributed by atoms with Crippen molar-refractivity contribution < 1.29 is 0 Å². The molecule has 0 radical (unpaired) electrons. The van der Waals surface area contributed by atoms with Gasteiger partial charge in [-0.2, -0.15) is 0 Å². The number of nitrogens with two attached hydrogens (primary N) is 1.